The van der Waals surface area contributed by atoms with Gasteiger partial charge in [-0.1, -0.05) is 18.2 Å². The Hall–Kier alpha value is -1.16. The molecule has 96 valence electrons. The highest BCUT2D eigenvalue weighted by molar-refractivity contribution is 7.80. The predicted octanol–water partition coefficient (Wildman–Crippen LogP) is 2.83. The molecule has 1 N–H and O–H groups in total. The lowest BCUT2D eigenvalue weighted by Crippen LogP contribution is -2.41. The molecule has 2 aliphatic carbocycles. The van der Waals surface area contributed by atoms with Crippen molar-refractivity contribution < 1.29 is 4.39 Å². The van der Waals surface area contributed by atoms with Crippen molar-refractivity contribution in [3.05, 3.63) is 35.6 Å². The van der Waals surface area contributed by atoms with Gasteiger partial charge in [-0.25, -0.2) is 4.39 Å². The van der Waals surface area contributed by atoms with Gasteiger partial charge in [-0.15, -0.1) is 0 Å². The van der Waals surface area contributed by atoms with E-state index in [2.05, 4.69) is 10.2 Å². The van der Waals surface area contributed by atoms with Crippen molar-refractivity contribution in [3.8, 4) is 0 Å². The number of nitrogens with one attached hydrogen (secondary N) is 1. The van der Waals surface area contributed by atoms with Crippen molar-refractivity contribution in [1.29, 1.82) is 0 Å². The monoisotopic (exact) mass is 264 g/mol. The lowest BCUT2D eigenvalue weighted by Gasteiger charge is -2.26. The van der Waals surface area contributed by atoms with Crippen molar-refractivity contribution in [2.45, 2.75) is 44.3 Å². The Morgan fingerprint density at radius 3 is 2.61 bits per heavy atom. The van der Waals surface area contributed by atoms with Crippen LogP contribution in [0.25, 0.3) is 0 Å². The first-order valence-corrected chi connectivity index (χ1v) is 6.95. The third kappa shape index (κ3) is 2.80. The molecule has 0 aliphatic heterocycles. The summed E-state index contributed by atoms with van der Waals surface area (Å²) < 4.78 is 13.7. The smallest absolute Gasteiger partial charge is 0.169 e. The van der Waals surface area contributed by atoms with Crippen LogP contribution < -0.4 is 5.32 Å². The summed E-state index contributed by atoms with van der Waals surface area (Å²) in [6, 6.07) is 8.01. The highest BCUT2D eigenvalue weighted by Gasteiger charge is 2.33. The summed E-state index contributed by atoms with van der Waals surface area (Å²) in [5.74, 6) is -0.141. The fourth-order valence-electron chi connectivity index (χ4n) is 2.05. The van der Waals surface area contributed by atoms with Gasteiger partial charge in [0.1, 0.15) is 5.82 Å². The number of hydrogen-bond donors (Lipinski definition) is 1. The molecule has 1 aromatic rings. The number of benzene rings is 1. The molecular weight excluding hydrogens is 247 g/mol. The Kier molecular flexibility index (Phi) is 3.20. The molecule has 0 radical (unpaired) electrons. The van der Waals surface area contributed by atoms with E-state index < -0.39 is 0 Å². The number of rotatable bonds is 4. The molecule has 0 atom stereocenters. The molecule has 2 saturated carbocycles. The van der Waals surface area contributed by atoms with Gasteiger partial charge in [0, 0.05) is 24.2 Å². The van der Waals surface area contributed by atoms with Crippen molar-refractivity contribution in [2.75, 3.05) is 0 Å². The Labute approximate surface area is 112 Å². The normalized spacial score (nSPS) is 18.5. The molecule has 0 unspecified atom stereocenters. The van der Waals surface area contributed by atoms with Crippen LogP contribution in [0.4, 0.5) is 4.39 Å². The van der Waals surface area contributed by atoms with E-state index in [0.29, 0.717) is 18.6 Å². The summed E-state index contributed by atoms with van der Waals surface area (Å²) >= 11 is 5.44. The molecule has 3 rings (SSSR count). The Morgan fingerprint density at radius 2 is 2.00 bits per heavy atom. The molecule has 0 heterocycles. The number of thiocarbonyl (C=S) groups is 1. The molecule has 0 aromatic heterocycles. The first kappa shape index (κ1) is 11.9. The Bertz CT molecular complexity index is 455. The molecule has 0 spiro atoms. The first-order chi connectivity index (χ1) is 8.74. The van der Waals surface area contributed by atoms with Crippen LogP contribution in [-0.2, 0) is 6.54 Å². The lowest BCUT2D eigenvalue weighted by atomic mass is 10.2. The van der Waals surface area contributed by atoms with E-state index in [1.54, 1.807) is 6.07 Å². The van der Waals surface area contributed by atoms with Gasteiger partial charge in [-0.2, -0.15) is 0 Å². The standard InChI is InChI=1S/C14H17FN2S/c15-13-4-2-1-3-10(13)9-17(12-7-8-12)14(18)16-11-5-6-11/h1-4,11-12H,5-9H2,(H,16,18). The zero-order valence-corrected chi connectivity index (χ0v) is 11.0. The van der Waals surface area contributed by atoms with Gasteiger partial charge in [0.25, 0.3) is 0 Å². The number of halogens is 1. The molecule has 18 heavy (non-hydrogen) atoms. The zero-order chi connectivity index (χ0) is 12.5. The van der Waals surface area contributed by atoms with Crippen LogP contribution in [-0.4, -0.2) is 22.1 Å². The maximum absolute atomic E-state index is 13.7. The molecule has 4 heteroatoms. The van der Waals surface area contributed by atoms with Gasteiger partial charge in [-0.05, 0) is 44.0 Å². The van der Waals surface area contributed by atoms with E-state index in [9.17, 15) is 4.39 Å². The number of hydrogen-bond acceptors (Lipinski definition) is 1. The molecular formula is C14H17FN2S. The fourth-order valence-corrected chi connectivity index (χ4v) is 2.43. The van der Waals surface area contributed by atoms with Crippen LogP contribution in [0.2, 0.25) is 0 Å². The van der Waals surface area contributed by atoms with Crippen molar-refractivity contribution >= 4 is 17.3 Å². The Balaban J connectivity index is 1.69. The summed E-state index contributed by atoms with van der Waals surface area (Å²) in [4.78, 5) is 2.14. The zero-order valence-electron chi connectivity index (χ0n) is 10.2. The summed E-state index contributed by atoms with van der Waals surface area (Å²) in [6.45, 7) is 0.579. The van der Waals surface area contributed by atoms with Gasteiger partial charge in [0.2, 0.25) is 0 Å². The van der Waals surface area contributed by atoms with Crippen LogP contribution in [0.15, 0.2) is 24.3 Å². The largest absolute Gasteiger partial charge is 0.360 e. The predicted molar refractivity (Wildman–Crippen MR) is 73.7 cm³/mol. The van der Waals surface area contributed by atoms with Crippen LogP contribution in [0.3, 0.4) is 0 Å². The maximum Gasteiger partial charge on any atom is 0.169 e. The average molecular weight is 264 g/mol. The van der Waals surface area contributed by atoms with E-state index in [1.807, 2.05) is 12.1 Å². The van der Waals surface area contributed by atoms with Crippen molar-refractivity contribution in [3.63, 3.8) is 0 Å². The minimum Gasteiger partial charge on any atom is -0.360 e. The highest BCUT2D eigenvalue weighted by atomic mass is 32.1. The van der Waals surface area contributed by atoms with Gasteiger partial charge in [0.05, 0.1) is 0 Å². The second-order valence-corrected chi connectivity index (χ2v) is 5.56. The van der Waals surface area contributed by atoms with Gasteiger partial charge < -0.3 is 10.2 Å². The molecule has 2 nitrogen and oxygen atoms in total. The molecule has 0 amide bonds. The van der Waals surface area contributed by atoms with E-state index in [4.69, 9.17) is 12.2 Å². The second kappa shape index (κ2) is 4.84. The second-order valence-electron chi connectivity index (χ2n) is 5.17. The maximum atomic E-state index is 13.7. The highest BCUT2D eigenvalue weighted by Crippen LogP contribution is 2.30. The Morgan fingerprint density at radius 1 is 1.28 bits per heavy atom. The van der Waals surface area contributed by atoms with Crippen LogP contribution in [0, 0.1) is 5.82 Å². The molecule has 0 bridgehead atoms. The van der Waals surface area contributed by atoms with E-state index in [-0.39, 0.29) is 5.82 Å². The molecule has 2 aliphatic rings. The summed E-state index contributed by atoms with van der Waals surface area (Å²) in [5, 5.41) is 4.14. The summed E-state index contributed by atoms with van der Waals surface area (Å²) in [7, 11) is 0. The van der Waals surface area contributed by atoms with E-state index in [0.717, 1.165) is 10.7 Å². The quantitative estimate of drug-likeness (QED) is 0.842. The average Bonchev–Trinajstić information content (AvgIpc) is 3.21. The number of nitrogens with zero attached hydrogens (tertiary/aromatic N) is 1. The third-order valence-electron chi connectivity index (χ3n) is 3.45. The molecule has 2 fully saturated rings. The van der Waals surface area contributed by atoms with Crippen molar-refractivity contribution in [1.82, 2.24) is 10.2 Å². The van der Waals surface area contributed by atoms with Crippen LogP contribution >= 0.6 is 12.2 Å². The minimum absolute atomic E-state index is 0.141. The minimum atomic E-state index is -0.141. The van der Waals surface area contributed by atoms with Gasteiger partial charge in [0.15, 0.2) is 5.11 Å². The topological polar surface area (TPSA) is 15.3 Å². The fraction of sp³-hybridized carbons (Fsp3) is 0.500. The van der Waals surface area contributed by atoms with E-state index in [1.165, 1.54) is 31.7 Å². The lowest BCUT2D eigenvalue weighted by molar-refractivity contribution is 0.387. The van der Waals surface area contributed by atoms with Crippen LogP contribution in [0.1, 0.15) is 31.2 Å². The third-order valence-corrected chi connectivity index (χ3v) is 3.80. The summed E-state index contributed by atoms with van der Waals surface area (Å²) in [6.07, 6.45) is 4.75. The first-order valence-electron chi connectivity index (χ1n) is 6.54. The SMILES string of the molecule is Fc1ccccc1CN(C(=S)NC1CC1)C1CC1. The van der Waals surface area contributed by atoms with Crippen LogP contribution in [0.5, 0.6) is 0 Å². The molecule has 1 aromatic carbocycles. The van der Waals surface area contributed by atoms with E-state index >= 15 is 0 Å². The summed E-state index contributed by atoms with van der Waals surface area (Å²) in [5.41, 5.74) is 0.726. The van der Waals surface area contributed by atoms with Crippen molar-refractivity contribution in [2.24, 2.45) is 0 Å². The molecule has 0 saturated heterocycles. The van der Waals surface area contributed by atoms with Gasteiger partial charge >= 0.3 is 0 Å². The van der Waals surface area contributed by atoms with Gasteiger partial charge in [-0.3, -0.25) is 0 Å².